The molecule has 106 valence electrons. The van der Waals surface area contributed by atoms with Gasteiger partial charge in [-0.3, -0.25) is 4.79 Å². The minimum Gasteiger partial charge on any atom is -0.495 e. The third kappa shape index (κ3) is 4.31. The predicted octanol–water partition coefficient (Wildman–Crippen LogP) is 2.98. The van der Waals surface area contributed by atoms with Crippen LogP contribution >= 0.6 is 11.6 Å². The van der Waals surface area contributed by atoms with Crippen molar-refractivity contribution in [3.8, 4) is 5.75 Å². The van der Waals surface area contributed by atoms with Crippen LogP contribution in [0.4, 0.5) is 5.69 Å². The van der Waals surface area contributed by atoms with Crippen LogP contribution in [-0.4, -0.2) is 25.6 Å². The van der Waals surface area contributed by atoms with Crippen LogP contribution in [0.3, 0.4) is 0 Å². The van der Waals surface area contributed by atoms with Crippen molar-refractivity contribution in [2.24, 2.45) is 0 Å². The smallest absolute Gasteiger partial charge is 0.242 e. The Morgan fingerprint density at radius 3 is 2.74 bits per heavy atom. The van der Waals surface area contributed by atoms with Gasteiger partial charge in [-0.2, -0.15) is 0 Å². The molecule has 0 aliphatic carbocycles. The maximum atomic E-state index is 11.8. The lowest BCUT2D eigenvalue weighted by molar-refractivity contribution is -0.121. The van der Waals surface area contributed by atoms with Crippen molar-refractivity contribution in [3.05, 3.63) is 22.7 Å². The summed E-state index contributed by atoms with van der Waals surface area (Å²) in [5.41, 5.74) is 1.70. The number of ether oxygens (including phenoxy) is 1. The SMILES string of the molecule is CCCNC(=O)C(C)Nc1cc(C)c(Cl)cc1OC. The fourth-order valence-electron chi connectivity index (χ4n) is 1.65. The van der Waals surface area contributed by atoms with Gasteiger partial charge in [-0.05, 0) is 31.9 Å². The van der Waals surface area contributed by atoms with Gasteiger partial charge in [-0.1, -0.05) is 18.5 Å². The van der Waals surface area contributed by atoms with Crippen molar-refractivity contribution in [1.29, 1.82) is 0 Å². The first-order valence-electron chi connectivity index (χ1n) is 6.38. The molecule has 0 saturated heterocycles. The second kappa shape index (κ2) is 7.24. The number of carbonyl (C=O) groups is 1. The van der Waals surface area contributed by atoms with Crippen molar-refractivity contribution in [3.63, 3.8) is 0 Å². The topological polar surface area (TPSA) is 50.4 Å². The number of hydrogen-bond donors (Lipinski definition) is 2. The van der Waals surface area contributed by atoms with Crippen LogP contribution in [0.15, 0.2) is 12.1 Å². The summed E-state index contributed by atoms with van der Waals surface area (Å²) in [6.45, 7) is 6.43. The van der Waals surface area contributed by atoms with Crippen LogP contribution in [0, 0.1) is 6.92 Å². The van der Waals surface area contributed by atoms with Gasteiger partial charge in [-0.15, -0.1) is 0 Å². The van der Waals surface area contributed by atoms with E-state index in [0.29, 0.717) is 17.3 Å². The van der Waals surface area contributed by atoms with Crippen LogP contribution in [0.25, 0.3) is 0 Å². The van der Waals surface area contributed by atoms with E-state index in [1.807, 2.05) is 26.8 Å². The van der Waals surface area contributed by atoms with E-state index in [9.17, 15) is 4.79 Å². The molecule has 1 amide bonds. The quantitative estimate of drug-likeness (QED) is 0.844. The van der Waals surface area contributed by atoms with E-state index in [1.165, 1.54) is 0 Å². The molecule has 1 rings (SSSR count). The van der Waals surface area contributed by atoms with Gasteiger partial charge in [0.2, 0.25) is 5.91 Å². The molecule has 0 bridgehead atoms. The minimum atomic E-state index is -0.332. The third-order valence-electron chi connectivity index (χ3n) is 2.80. The Hall–Kier alpha value is -1.42. The van der Waals surface area contributed by atoms with Crippen molar-refractivity contribution < 1.29 is 9.53 Å². The molecule has 2 N–H and O–H groups in total. The number of methoxy groups -OCH3 is 1. The van der Waals surface area contributed by atoms with Gasteiger partial charge in [0, 0.05) is 17.6 Å². The Labute approximate surface area is 119 Å². The monoisotopic (exact) mass is 284 g/mol. The van der Waals surface area contributed by atoms with E-state index in [4.69, 9.17) is 16.3 Å². The van der Waals surface area contributed by atoms with Crippen LogP contribution in [0.1, 0.15) is 25.8 Å². The molecule has 0 aromatic heterocycles. The molecule has 0 heterocycles. The number of halogens is 1. The Balaban J connectivity index is 2.81. The van der Waals surface area contributed by atoms with Crippen LogP contribution < -0.4 is 15.4 Å². The number of amides is 1. The molecular formula is C14H21ClN2O2. The van der Waals surface area contributed by atoms with E-state index >= 15 is 0 Å². The Morgan fingerprint density at radius 2 is 2.16 bits per heavy atom. The molecule has 19 heavy (non-hydrogen) atoms. The highest BCUT2D eigenvalue weighted by Gasteiger charge is 2.15. The molecule has 1 unspecified atom stereocenters. The molecule has 0 fully saturated rings. The van der Waals surface area contributed by atoms with Crippen LogP contribution in [0.5, 0.6) is 5.75 Å². The maximum absolute atomic E-state index is 11.8. The second-order valence-corrected chi connectivity index (χ2v) is 4.87. The number of rotatable bonds is 6. The fourth-order valence-corrected chi connectivity index (χ4v) is 1.80. The predicted molar refractivity (Wildman–Crippen MR) is 79.1 cm³/mol. The van der Waals surface area contributed by atoms with E-state index in [1.54, 1.807) is 13.2 Å². The summed E-state index contributed by atoms with van der Waals surface area (Å²) < 4.78 is 5.26. The normalized spacial score (nSPS) is 11.8. The summed E-state index contributed by atoms with van der Waals surface area (Å²) in [4.78, 5) is 11.8. The maximum Gasteiger partial charge on any atom is 0.242 e. The number of benzene rings is 1. The van der Waals surface area contributed by atoms with Gasteiger partial charge in [0.1, 0.15) is 11.8 Å². The molecule has 1 atom stereocenters. The van der Waals surface area contributed by atoms with Gasteiger partial charge in [0.25, 0.3) is 0 Å². The third-order valence-corrected chi connectivity index (χ3v) is 3.20. The first kappa shape index (κ1) is 15.6. The molecule has 0 spiro atoms. The highest BCUT2D eigenvalue weighted by Crippen LogP contribution is 2.31. The first-order valence-corrected chi connectivity index (χ1v) is 6.75. The molecule has 0 aliphatic heterocycles. The van der Waals surface area contributed by atoms with Gasteiger partial charge in [0.15, 0.2) is 0 Å². The highest BCUT2D eigenvalue weighted by molar-refractivity contribution is 6.31. The minimum absolute atomic E-state index is 0.0310. The molecule has 4 nitrogen and oxygen atoms in total. The zero-order valence-corrected chi connectivity index (χ0v) is 12.6. The number of carbonyl (C=O) groups excluding carboxylic acids is 1. The molecule has 0 radical (unpaired) electrons. The van der Waals surface area contributed by atoms with E-state index in [0.717, 1.165) is 17.7 Å². The van der Waals surface area contributed by atoms with Crippen LogP contribution in [-0.2, 0) is 4.79 Å². The molecular weight excluding hydrogens is 264 g/mol. The second-order valence-electron chi connectivity index (χ2n) is 4.46. The van der Waals surface area contributed by atoms with Gasteiger partial charge < -0.3 is 15.4 Å². The average Bonchev–Trinajstić information content (AvgIpc) is 2.39. The lowest BCUT2D eigenvalue weighted by atomic mass is 10.2. The molecule has 0 aliphatic rings. The first-order chi connectivity index (χ1) is 8.99. The van der Waals surface area contributed by atoms with Crippen molar-refractivity contribution in [1.82, 2.24) is 5.32 Å². The zero-order valence-electron chi connectivity index (χ0n) is 11.8. The molecule has 1 aromatic rings. The lowest BCUT2D eigenvalue weighted by Crippen LogP contribution is -2.37. The summed E-state index contributed by atoms with van der Waals surface area (Å²) in [7, 11) is 1.58. The molecule has 1 aromatic carbocycles. The summed E-state index contributed by atoms with van der Waals surface area (Å²) in [5, 5.41) is 6.63. The summed E-state index contributed by atoms with van der Waals surface area (Å²) >= 11 is 6.05. The largest absolute Gasteiger partial charge is 0.495 e. The van der Waals surface area contributed by atoms with E-state index < -0.39 is 0 Å². The molecule has 5 heteroatoms. The standard InChI is InChI=1S/C14H21ClN2O2/c1-5-6-16-14(18)10(3)17-12-7-9(2)11(15)8-13(12)19-4/h7-8,10,17H,5-6H2,1-4H3,(H,16,18). The van der Waals surface area contributed by atoms with Crippen molar-refractivity contribution in [2.75, 3.05) is 19.0 Å². The Kier molecular flexibility index (Phi) is 5.96. The Morgan fingerprint density at radius 1 is 1.47 bits per heavy atom. The molecule has 0 saturated carbocycles. The van der Waals surface area contributed by atoms with Crippen molar-refractivity contribution in [2.45, 2.75) is 33.2 Å². The number of anilines is 1. The summed E-state index contributed by atoms with van der Waals surface area (Å²) in [5.74, 6) is 0.599. The zero-order chi connectivity index (χ0) is 14.4. The number of hydrogen-bond acceptors (Lipinski definition) is 3. The van der Waals surface area contributed by atoms with Gasteiger partial charge in [0.05, 0.1) is 12.8 Å². The summed E-state index contributed by atoms with van der Waals surface area (Å²) in [6, 6.07) is 3.29. The van der Waals surface area contributed by atoms with Crippen molar-refractivity contribution >= 4 is 23.2 Å². The summed E-state index contributed by atoms with van der Waals surface area (Å²) in [6.07, 6.45) is 0.918. The van der Waals surface area contributed by atoms with E-state index in [2.05, 4.69) is 10.6 Å². The average molecular weight is 285 g/mol. The lowest BCUT2D eigenvalue weighted by Gasteiger charge is -2.18. The van der Waals surface area contributed by atoms with Gasteiger partial charge >= 0.3 is 0 Å². The fraction of sp³-hybridized carbons (Fsp3) is 0.500. The Bertz CT molecular complexity index is 449. The number of aryl methyl sites for hydroxylation is 1. The number of nitrogens with one attached hydrogen (secondary N) is 2. The van der Waals surface area contributed by atoms with Gasteiger partial charge in [-0.25, -0.2) is 0 Å². The highest BCUT2D eigenvalue weighted by atomic mass is 35.5. The van der Waals surface area contributed by atoms with E-state index in [-0.39, 0.29) is 11.9 Å². The van der Waals surface area contributed by atoms with Crippen LogP contribution in [0.2, 0.25) is 5.02 Å².